The molecule has 0 aliphatic rings. The molecular formula is C10H15F3. The molecule has 0 aliphatic carbocycles. The van der Waals surface area contributed by atoms with E-state index in [1.165, 1.54) is 6.08 Å². The molecule has 76 valence electrons. The number of rotatable bonds is 4. The molecule has 0 amide bonds. The van der Waals surface area contributed by atoms with Crippen LogP contribution in [-0.2, 0) is 0 Å². The Labute approximate surface area is 77.1 Å². The summed E-state index contributed by atoms with van der Waals surface area (Å²) in [5.74, 6) is 0. The molecule has 0 unspecified atom stereocenters. The van der Waals surface area contributed by atoms with Gasteiger partial charge >= 0.3 is 6.18 Å². The average molecular weight is 192 g/mol. The van der Waals surface area contributed by atoms with Crippen LogP contribution in [0, 0.1) is 0 Å². The maximum absolute atomic E-state index is 11.7. The summed E-state index contributed by atoms with van der Waals surface area (Å²) in [6.45, 7) is 3.90. The van der Waals surface area contributed by atoms with Gasteiger partial charge in [-0.15, -0.1) is 0 Å². The lowest BCUT2D eigenvalue weighted by molar-refractivity contribution is -0.125. The van der Waals surface area contributed by atoms with Crippen molar-refractivity contribution in [1.29, 1.82) is 0 Å². The van der Waals surface area contributed by atoms with Crippen LogP contribution in [-0.4, -0.2) is 6.18 Å². The van der Waals surface area contributed by atoms with Crippen molar-refractivity contribution in [1.82, 2.24) is 0 Å². The van der Waals surface area contributed by atoms with Crippen LogP contribution in [0.2, 0.25) is 0 Å². The van der Waals surface area contributed by atoms with Gasteiger partial charge in [-0.25, -0.2) is 0 Å². The summed E-state index contributed by atoms with van der Waals surface area (Å²) in [5, 5.41) is 0. The van der Waals surface area contributed by atoms with E-state index in [1.54, 1.807) is 6.08 Å². The van der Waals surface area contributed by atoms with Crippen LogP contribution in [0.3, 0.4) is 0 Å². The fraction of sp³-hybridized carbons (Fsp3) is 0.600. The maximum atomic E-state index is 11.7. The molecular weight excluding hydrogens is 177 g/mol. The first-order valence-electron chi connectivity index (χ1n) is 4.42. The summed E-state index contributed by atoms with van der Waals surface area (Å²) in [6, 6.07) is 0. The second kappa shape index (κ2) is 5.84. The van der Waals surface area contributed by atoms with Gasteiger partial charge < -0.3 is 0 Å². The molecule has 0 bridgehead atoms. The summed E-state index contributed by atoms with van der Waals surface area (Å²) >= 11 is 0. The third-order valence-electron chi connectivity index (χ3n) is 1.56. The minimum Gasteiger partial charge on any atom is -0.171 e. The van der Waals surface area contributed by atoms with Crippen molar-refractivity contribution in [3.05, 3.63) is 23.8 Å². The summed E-state index contributed by atoms with van der Waals surface area (Å²) in [7, 11) is 0. The van der Waals surface area contributed by atoms with E-state index in [0.29, 0.717) is 0 Å². The van der Waals surface area contributed by atoms with Crippen LogP contribution in [0.4, 0.5) is 13.2 Å². The van der Waals surface area contributed by atoms with E-state index in [2.05, 4.69) is 0 Å². The highest BCUT2D eigenvalue weighted by molar-refractivity contribution is 5.17. The Morgan fingerprint density at radius 2 is 1.85 bits per heavy atom. The molecule has 3 heteroatoms. The smallest absolute Gasteiger partial charge is 0.171 e. The van der Waals surface area contributed by atoms with E-state index >= 15 is 0 Å². The SMILES string of the molecule is CC/C=C(\C=C/CC(F)(F)F)CC. The number of halogens is 3. The first kappa shape index (κ1) is 12.3. The van der Waals surface area contributed by atoms with E-state index in [4.69, 9.17) is 0 Å². The Morgan fingerprint density at radius 1 is 1.23 bits per heavy atom. The summed E-state index contributed by atoms with van der Waals surface area (Å²) in [4.78, 5) is 0. The van der Waals surface area contributed by atoms with Crippen molar-refractivity contribution < 1.29 is 13.2 Å². The molecule has 0 atom stereocenters. The average Bonchev–Trinajstić information content (AvgIpc) is 2.01. The number of allylic oxidation sites excluding steroid dienone is 4. The Kier molecular flexibility index (Phi) is 5.51. The van der Waals surface area contributed by atoms with E-state index in [-0.39, 0.29) is 0 Å². The van der Waals surface area contributed by atoms with Gasteiger partial charge in [0.15, 0.2) is 0 Å². The van der Waals surface area contributed by atoms with Crippen LogP contribution in [0.1, 0.15) is 33.1 Å². The molecule has 0 aromatic rings. The van der Waals surface area contributed by atoms with Crippen LogP contribution in [0.25, 0.3) is 0 Å². The third kappa shape index (κ3) is 7.62. The van der Waals surface area contributed by atoms with E-state index < -0.39 is 12.6 Å². The molecule has 0 radical (unpaired) electrons. The second-order valence-electron chi connectivity index (χ2n) is 2.76. The predicted octanol–water partition coefficient (Wildman–Crippen LogP) is 4.24. The Hall–Kier alpha value is -0.730. The van der Waals surface area contributed by atoms with Crippen LogP contribution >= 0.6 is 0 Å². The minimum absolute atomic E-state index is 0.780. The third-order valence-corrected chi connectivity index (χ3v) is 1.56. The highest BCUT2D eigenvalue weighted by Gasteiger charge is 2.24. The Balaban J connectivity index is 4.02. The van der Waals surface area contributed by atoms with Gasteiger partial charge in [0.1, 0.15) is 0 Å². The summed E-state index contributed by atoms with van der Waals surface area (Å²) in [6.07, 6.45) is 1.38. The zero-order chi connectivity index (χ0) is 10.3. The number of hydrogen-bond donors (Lipinski definition) is 0. The lowest BCUT2D eigenvalue weighted by Crippen LogP contribution is -2.04. The van der Waals surface area contributed by atoms with Crippen molar-refractivity contribution in [3.63, 3.8) is 0 Å². The van der Waals surface area contributed by atoms with Gasteiger partial charge in [0.05, 0.1) is 6.42 Å². The molecule has 0 heterocycles. The predicted molar refractivity (Wildman–Crippen MR) is 48.5 cm³/mol. The van der Waals surface area contributed by atoms with Gasteiger partial charge in [-0.3, -0.25) is 0 Å². The monoisotopic (exact) mass is 192 g/mol. The standard InChI is InChI=1S/C10H15F3/c1-3-6-9(4-2)7-5-8-10(11,12)13/h5-7H,3-4,8H2,1-2H3/b7-5-,9-6-. The van der Waals surface area contributed by atoms with Gasteiger partial charge in [0, 0.05) is 0 Å². The highest BCUT2D eigenvalue weighted by Crippen LogP contribution is 2.20. The van der Waals surface area contributed by atoms with Gasteiger partial charge in [0.2, 0.25) is 0 Å². The quantitative estimate of drug-likeness (QED) is 0.584. The van der Waals surface area contributed by atoms with Crippen LogP contribution < -0.4 is 0 Å². The van der Waals surface area contributed by atoms with Gasteiger partial charge in [-0.2, -0.15) is 13.2 Å². The molecule has 0 nitrogen and oxygen atoms in total. The Morgan fingerprint density at radius 3 is 2.23 bits per heavy atom. The Bertz CT molecular complexity index is 187. The molecule has 0 aromatic carbocycles. The van der Waals surface area contributed by atoms with Crippen LogP contribution in [0.5, 0.6) is 0 Å². The van der Waals surface area contributed by atoms with Crippen molar-refractivity contribution in [2.75, 3.05) is 0 Å². The first-order chi connectivity index (χ1) is 5.99. The van der Waals surface area contributed by atoms with Crippen LogP contribution in [0.15, 0.2) is 23.8 Å². The zero-order valence-corrected chi connectivity index (χ0v) is 7.99. The van der Waals surface area contributed by atoms with Gasteiger partial charge in [-0.05, 0) is 12.8 Å². The molecule has 0 saturated carbocycles. The molecule has 0 fully saturated rings. The molecule has 0 N–H and O–H groups in total. The highest BCUT2D eigenvalue weighted by atomic mass is 19.4. The molecule has 0 rings (SSSR count). The van der Waals surface area contributed by atoms with E-state index in [1.807, 2.05) is 19.9 Å². The summed E-state index contributed by atoms with van der Waals surface area (Å²) < 4.78 is 35.2. The van der Waals surface area contributed by atoms with Crippen molar-refractivity contribution in [2.45, 2.75) is 39.3 Å². The first-order valence-corrected chi connectivity index (χ1v) is 4.42. The lowest BCUT2D eigenvalue weighted by Gasteiger charge is -2.01. The molecule has 0 saturated heterocycles. The van der Waals surface area contributed by atoms with Gasteiger partial charge in [-0.1, -0.05) is 37.6 Å². The fourth-order valence-corrected chi connectivity index (χ4v) is 0.936. The molecule has 0 aromatic heterocycles. The largest absolute Gasteiger partial charge is 0.392 e. The lowest BCUT2D eigenvalue weighted by atomic mass is 10.1. The molecule has 13 heavy (non-hydrogen) atoms. The topological polar surface area (TPSA) is 0 Å². The summed E-state index contributed by atoms with van der Waals surface area (Å²) in [5.41, 5.74) is 0.965. The second-order valence-corrected chi connectivity index (χ2v) is 2.76. The van der Waals surface area contributed by atoms with Crippen molar-refractivity contribution in [3.8, 4) is 0 Å². The minimum atomic E-state index is -4.08. The zero-order valence-electron chi connectivity index (χ0n) is 7.99. The number of alkyl halides is 3. The maximum Gasteiger partial charge on any atom is 0.392 e. The van der Waals surface area contributed by atoms with Gasteiger partial charge in [0.25, 0.3) is 0 Å². The number of hydrogen-bond acceptors (Lipinski definition) is 0. The van der Waals surface area contributed by atoms with E-state index in [9.17, 15) is 13.2 Å². The fourth-order valence-electron chi connectivity index (χ4n) is 0.936. The molecule has 0 aliphatic heterocycles. The normalized spacial score (nSPS) is 14.1. The van der Waals surface area contributed by atoms with E-state index in [0.717, 1.165) is 18.4 Å². The molecule has 0 spiro atoms. The van der Waals surface area contributed by atoms with Crippen molar-refractivity contribution in [2.24, 2.45) is 0 Å². The van der Waals surface area contributed by atoms with Crippen molar-refractivity contribution >= 4 is 0 Å².